The molecule has 3 nitrogen and oxygen atoms in total. The predicted octanol–water partition coefficient (Wildman–Crippen LogP) is 5.90. The van der Waals surface area contributed by atoms with Crippen molar-refractivity contribution < 1.29 is 0 Å². The monoisotopic (exact) mass is 363 g/mol. The van der Waals surface area contributed by atoms with Crippen LogP contribution in [0, 0.1) is 0 Å². The molecule has 0 saturated carbocycles. The first-order chi connectivity index (χ1) is 13.7. The molecule has 3 heteroatoms. The first-order valence-corrected chi connectivity index (χ1v) is 9.72. The van der Waals surface area contributed by atoms with Crippen molar-refractivity contribution in [2.45, 2.75) is 26.2 Å². The standard InChI is InChI=1S/C25H21N3/c1-16(2)23-26-24(17-8-4-3-5-9-17)28-25(27-23)20-13-12-19-14-18-10-6-7-11-21(18)22(19)15-20/h3-13,15-16H,14H2,1-2H3. The summed E-state index contributed by atoms with van der Waals surface area (Å²) in [5.74, 6) is 2.53. The van der Waals surface area contributed by atoms with Crippen molar-refractivity contribution in [1.82, 2.24) is 15.0 Å². The van der Waals surface area contributed by atoms with Gasteiger partial charge in [-0.1, -0.05) is 80.6 Å². The molecule has 1 aromatic heterocycles. The summed E-state index contributed by atoms with van der Waals surface area (Å²) in [6, 6.07) is 25.3. The van der Waals surface area contributed by atoms with Crippen molar-refractivity contribution in [3.8, 4) is 33.9 Å². The first kappa shape index (κ1) is 16.8. The van der Waals surface area contributed by atoms with Gasteiger partial charge in [-0.3, -0.25) is 0 Å². The molecule has 1 aliphatic rings. The molecule has 4 aromatic rings. The van der Waals surface area contributed by atoms with E-state index in [1.165, 1.54) is 22.3 Å². The second-order valence-corrected chi connectivity index (χ2v) is 7.57. The highest BCUT2D eigenvalue weighted by Gasteiger charge is 2.19. The quantitative estimate of drug-likeness (QED) is 0.400. The van der Waals surface area contributed by atoms with Gasteiger partial charge in [-0.05, 0) is 34.7 Å². The summed E-state index contributed by atoms with van der Waals surface area (Å²) in [5.41, 5.74) is 7.42. The van der Waals surface area contributed by atoms with Crippen molar-refractivity contribution >= 4 is 0 Å². The van der Waals surface area contributed by atoms with Crippen LogP contribution in [-0.2, 0) is 6.42 Å². The van der Waals surface area contributed by atoms with E-state index in [-0.39, 0.29) is 5.92 Å². The lowest BCUT2D eigenvalue weighted by molar-refractivity contribution is 0.766. The Hall–Kier alpha value is -3.33. The molecular weight excluding hydrogens is 342 g/mol. The van der Waals surface area contributed by atoms with Gasteiger partial charge in [0.15, 0.2) is 11.6 Å². The molecule has 0 radical (unpaired) electrons. The summed E-state index contributed by atoms with van der Waals surface area (Å²) >= 11 is 0. The lowest BCUT2D eigenvalue weighted by Gasteiger charge is -2.11. The molecule has 136 valence electrons. The molecule has 3 aromatic carbocycles. The van der Waals surface area contributed by atoms with Crippen LogP contribution in [0.4, 0.5) is 0 Å². The van der Waals surface area contributed by atoms with E-state index < -0.39 is 0 Å². The van der Waals surface area contributed by atoms with Crippen LogP contribution in [0.1, 0.15) is 36.7 Å². The Kier molecular flexibility index (Phi) is 4.01. The number of aromatic nitrogens is 3. The average molecular weight is 363 g/mol. The van der Waals surface area contributed by atoms with Crippen molar-refractivity contribution in [2.75, 3.05) is 0 Å². The highest BCUT2D eigenvalue weighted by atomic mass is 15.0. The Balaban J connectivity index is 1.66. The van der Waals surface area contributed by atoms with Crippen LogP contribution < -0.4 is 0 Å². The van der Waals surface area contributed by atoms with Crippen LogP contribution in [0.2, 0.25) is 0 Å². The zero-order valence-electron chi connectivity index (χ0n) is 16.1. The lowest BCUT2D eigenvalue weighted by atomic mass is 10.0. The molecule has 0 fully saturated rings. The van der Waals surface area contributed by atoms with Gasteiger partial charge in [-0.2, -0.15) is 0 Å². The maximum atomic E-state index is 4.82. The van der Waals surface area contributed by atoms with Crippen molar-refractivity contribution in [3.63, 3.8) is 0 Å². The summed E-state index contributed by atoms with van der Waals surface area (Å²) in [6.07, 6.45) is 0.996. The fourth-order valence-corrected chi connectivity index (χ4v) is 3.76. The van der Waals surface area contributed by atoms with Crippen LogP contribution in [0.25, 0.3) is 33.9 Å². The normalized spacial score (nSPS) is 12.1. The zero-order chi connectivity index (χ0) is 19.1. The largest absolute Gasteiger partial charge is 0.213 e. The van der Waals surface area contributed by atoms with Gasteiger partial charge in [-0.25, -0.2) is 15.0 Å². The van der Waals surface area contributed by atoms with E-state index in [1.807, 2.05) is 30.3 Å². The third kappa shape index (κ3) is 2.89. The van der Waals surface area contributed by atoms with Crippen molar-refractivity contribution in [1.29, 1.82) is 0 Å². The molecule has 0 spiro atoms. The molecule has 28 heavy (non-hydrogen) atoms. The smallest absolute Gasteiger partial charge is 0.163 e. The average Bonchev–Trinajstić information content (AvgIpc) is 3.12. The maximum Gasteiger partial charge on any atom is 0.163 e. The summed E-state index contributed by atoms with van der Waals surface area (Å²) in [5, 5.41) is 0. The van der Waals surface area contributed by atoms with E-state index in [2.05, 4.69) is 56.3 Å². The Morgan fingerprint density at radius 3 is 2.11 bits per heavy atom. The molecule has 1 heterocycles. The van der Waals surface area contributed by atoms with Crippen LogP contribution in [0.5, 0.6) is 0 Å². The van der Waals surface area contributed by atoms with Gasteiger partial charge in [0.05, 0.1) is 0 Å². The third-order valence-corrected chi connectivity index (χ3v) is 5.26. The van der Waals surface area contributed by atoms with E-state index in [4.69, 9.17) is 15.0 Å². The first-order valence-electron chi connectivity index (χ1n) is 9.72. The predicted molar refractivity (Wildman–Crippen MR) is 113 cm³/mol. The number of hydrogen-bond acceptors (Lipinski definition) is 3. The molecule has 0 N–H and O–H groups in total. The minimum Gasteiger partial charge on any atom is -0.213 e. The Bertz CT molecular complexity index is 1160. The van der Waals surface area contributed by atoms with Crippen molar-refractivity contribution in [2.24, 2.45) is 0 Å². The van der Waals surface area contributed by atoms with E-state index >= 15 is 0 Å². The number of benzene rings is 3. The van der Waals surface area contributed by atoms with E-state index in [9.17, 15) is 0 Å². The summed E-state index contributed by atoms with van der Waals surface area (Å²) < 4.78 is 0. The minimum absolute atomic E-state index is 0.236. The van der Waals surface area contributed by atoms with Gasteiger partial charge in [0, 0.05) is 17.0 Å². The van der Waals surface area contributed by atoms with Gasteiger partial charge in [0.25, 0.3) is 0 Å². The van der Waals surface area contributed by atoms with E-state index in [0.29, 0.717) is 0 Å². The van der Waals surface area contributed by atoms with E-state index in [0.717, 1.165) is 35.0 Å². The van der Waals surface area contributed by atoms with E-state index in [1.54, 1.807) is 0 Å². The minimum atomic E-state index is 0.236. The highest BCUT2D eigenvalue weighted by molar-refractivity contribution is 5.80. The molecule has 0 bridgehead atoms. The highest BCUT2D eigenvalue weighted by Crippen LogP contribution is 2.38. The summed E-state index contributed by atoms with van der Waals surface area (Å²) in [4.78, 5) is 14.3. The maximum absolute atomic E-state index is 4.82. The Morgan fingerprint density at radius 2 is 1.32 bits per heavy atom. The number of nitrogens with zero attached hydrogens (tertiary/aromatic N) is 3. The second-order valence-electron chi connectivity index (χ2n) is 7.57. The number of hydrogen-bond donors (Lipinski definition) is 0. The zero-order valence-corrected chi connectivity index (χ0v) is 16.1. The third-order valence-electron chi connectivity index (χ3n) is 5.26. The van der Waals surface area contributed by atoms with Gasteiger partial charge < -0.3 is 0 Å². The van der Waals surface area contributed by atoms with Gasteiger partial charge >= 0.3 is 0 Å². The SMILES string of the molecule is CC(C)c1nc(-c2ccccc2)nc(-c2ccc3c(c2)-c2ccccc2C3)n1. The molecule has 5 rings (SSSR count). The van der Waals surface area contributed by atoms with Crippen LogP contribution >= 0.6 is 0 Å². The molecule has 0 saturated heterocycles. The van der Waals surface area contributed by atoms with Gasteiger partial charge in [0.1, 0.15) is 5.82 Å². The van der Waals surface area contributed by atoms with Crippen LogP contribution in [0.3, 0.4) is 0 Å². The Morgan fingerprint density at radius 1 is 0.643 bits per heavy atom. The topological polar surface area (TPSA) is 38.7 Å². The molecule has 0 aliphatic heterocycles. The van der Waals surface area contributed by atoms with Gasteiger partial charge in [0.2, 0.25) is 0 Å². The fraction of sp³-hybridized carbons (Fsp3) is 0.160. The molecule has 0 atom stereocenters. The fourth-order valence-electron chi connectivity index (χ4n) is 3.76. The number of fused-ring (bicyclic) bond motifs is 3. The molecule has 1 aliphatic carbocycles. The second kappa shape index (κ2) is 6.68. The molecular formula is C25H21N3. The Labute approximate surface area is 165 Å². The summed E-state index contributed by atoms with van der Waals surface area (Å²) in [6.45, 7) is 4.24. The van der Waals surface area contributed by atoms with Crippen molar-refractivity contribution in [3.05, 3.63) is 89.7 Å². The molecule has 0 unspecified atom stereocenters. The van der Waals surface area contributed by atoms with Crippen LogP contribution in [0.15, 0.2) is 72.8 Å². The lowest BCUT2D eigenvalue weighted by Crippen LogP contribution is -2.04. The molecule has 0 amide bonds. The van der Waals surface area contributed by atoms with Gasteiger partial charge in [-0.15, -0.1) is 0 Å². The van der Waals surface area contributed by atoms with Crippen LogP contribution in [-0.4, -0.2) is 15.0 Å². The summed E-state index contributed by atoms with van der Waals surface area (Å²) in [7, 11) is 0. The number of rotatable bonds is 3.